The summed E-state index contributed by atoms with van der Waals surface area (Å²) in [6, 6.07) is 13.9. The van der Waals surface area contributed by atoms with E-state index in [1.807, 2.05) is 30.3 Å². The van der Waals surface area contributed by atoms with Crippen LogP contribution in [0.2, 0.25) is 5.02 Å². The lowest BCUT2D eigenvalue weighted by molar-refractivity contribution is 0.0374. The molecule has 0 N–H and O–H groups in total. The van der Waals surface area contributed by atoms with E-state index in [-0.39, 0.29) is 0 Å². The van der Waals surface area contributed by atoms with Gasteiger partial charge in [0.25, 0.3) is 0 Å². The molecule has 1 heterocycles. The smallest absolute Gasteiger partial charge is 0.161 e. The molecule has 4 nitrogen and oxygen atoms in total. The fourth-order valence-corrected chi connectivity index (χ4v) is 3.28. The van der Waals surface area contributed by atoms with Crippen molar-refractivity contribution in [1.82, 2.24) is 4.90 Å². The molecule has 0 atom stereocenters. The average Bonchev–Trinajstić information content (AvgIpc) is 2.68. The molecule has 0 unspecified atom stereocenters. The van der Waals surface area contributed by atoms with E-state index in [1.165, 1.54) is 5.56 Å². The van der Waals surface area contributed by atoms with Gasteiger partial charge in [0.2, 0.25) is 0 Å². The van der Waals surface area contributed by atoms with Crippen molar-refractivity contribution in [1.29, 1.82) is 0 Å². The minimum Gasteiger partial charge on any atom is -0.493 e. The summed E-state index contributed by atoms with van der Waals surface area (Å²) >= 11 is 6.19. The van der Waals surface area contributed by atoms with Crippen LogP contribution < -0.4 is 9.47 Å². The maximum Gasteiger partial charge on any atom is 0.161 e. The second-order valence-electron chi connectivity index (χ2n) is 6.42. The van der Waals surface area contributed by atoms with Crippen LogP contribution in [0.5, 0.6) is 11.5 Å². The zero-order valence-corrected chi connectivity index (χ0v) is 16.0. The molecule has 0 bridgehead atoms. The second kappa shape index (κ2) is 9.81. The van der Waals surface area contributed by atoms with E-state index in [2.05, 4.69) is 17.0 Å². The third kappa shape index (κ3) is 5.37. The molecule has 26 heavy (non-hydrogen) atoms. The number of methoxy groups -OCH3 is 1. The van der Waals surface area contributed by atoms with E-state index in [0.717, 1.165) is 62.8 Å². The van der Waals surface area contributed by atoms with Gasteiger partial charge in [-0.05, 0) is 43.1 Å². The van der Waals surface area contributed by atoms with Gasteiger partial charge in [0.05, 0.1) is 20.3 Å². The molecule has 0 spiro atoms. The predicted molar refractivity (Wildman–Crippen MR) is 104 cm³/mol. The zero-order chi connectivity index (χ0) is 18.2. The van der Waals surface area contributed by atoms with Crippen molar-refractivity contribution in [2.24, 2.45) is 0 Å². The Morgan fingerprint density at radius 2 is 1.88 bits per heavy atom. The van der Waals surface area contributed by atoms with Crippen molar-refractivity contribution in [2.45, 2.75) is 19.4 Å². The van der Waals surface area contributed by atoms with Crippen LogP contribution in [-0.4, -0.2) is 44.9 Å². The summed E-state index contributed by atoms with van der Waals surface area (Å²) in [5.41, 5.74) is 2.23. The van der Waals surface area contributed by atoms with Gasteiger partial charge in [-0.25, -0.2) is 0 Å². The number of ether oxygens (including phenoxy) is 3. The molecule has 0 aromatic heterocycles. The first-order valence-corrected chi connectivity index (χ1v) is 9.47. The minimum atomic E-state index is 0.423. The number of halogens is 1. The van der Waals surface area contributed by atoms with Crippen LogP contribution in [0.4, 0.5) is 0 Å². The highest BCUT2D eigenvalue weighted by atomic mass is 35.5. The van der Waals surface area contributed by atoms with Crippen molar-refractivity contribution in [3.05, 3.63) is 58.6 Å². The molecule has 1 aliphatic heterocycles. The van der Waals surface area contributed by atoms with E-state index in [4.69, 9.17) is 25.8 Å². The molecule has 1 fully saturated rings. The minimum absolute atomic E-state index is 0.423. The lowest BCUT2D eigenvalue weighted by Gasteiger charge is -2.26. The number of aryl methyl sites for hydroxylation is 1. The highest BCUT2D eigenvalue weighted by Gasteiger charge is 2.11. The molecule has 0 saturated carbocycles. The fraction of sp³-hybridized carbons (Fsp3) is 0.429. The Hall–Kier alpha value is -1.75. The molecule has 0 amide bonds. The maximum absolute atomic E-state index is 6.19. The topological polar surface area (TPSA) is 30.9 Å². The molecular weight excluding hydrogens is 350 g/mol. The third-order valence-electron chi connectivity index (χ3n) is 4.61. The van der Waals surface area contributed by atoms with Crippen molar-refractivity contribution in [2.75, 3.05) is 40.0 Å². The first-order valence-electron chi connectivity index (χ1n) is 9.09. The summed E-state index contributed by atoms with van der Waals surface area (Å²) in [7, 11) is 1.68. The molecule has 1 aliphatic rings. The Morgan fingerprint density at radius 1 is 1.08 bits per heavy atom. The SMILES string of the molecule is COc1cc(CCCN2CCOCC2)ccc1OCc1ccccc1Cl. The normalized spacial score (nSPS) is 15.0. The van der Waals surface area contributed by atoms with Crippen LogP contribution in [0.15, 0.2) is 42.5 Å². The number of benzene rings is 2. The fourth-order valence-electron chi connectivity index (χ4n) is 3.09. The quantitative estimate of drug-likeness (QED) is 0.692. The first-order chi connectivity index (χ1) is 12.8. The molecule has 0 aliphatic carbocycles. The van der Waals surface area contributed by atoms with Gasteiger partial charge in [-0.1, -0.05) is 35.9 Å². The van der Waals surface area contributed by atoms with Gasteiger partial charge in [-0.3, -0.25) is 4.90 Å². The molecule has 140 valence electrons. The first kappa shape index (κ1) is 19.0. The molecular formula is C21H26ClNO3. The van der Waals surface area contributed by atoms with E-state index < -0.39 is 0 Å². The van der Waals surface area contributed by atoms with Gasteiger partial charge in [0.1, 0.15) is 6.61 Å². The number of morpholine rings is 1. The summed E-state index contributed by atoms with van der Waals surface area (Å²) < 4.78 is 16.8. The Bertz CT molecular complexity index is 701. The largest absolute Gasteiger partial charge is 0.493 e. The summed E-state index contributed by atoms with van der Waals surface area (Å²) in [4.78, 5) is 2.46. The Kier molecular flexibility index (Phi) is 7.18. The number of hydrogen-bond acceptors (Lipinski definition) is 4. The summed E-state index contributed by atoms with van der Waals surface area (Å²) in [6.45, 7) is 5.32. The maximum atomic E-state index is 6.19. The lowest BCUT2D eigenvalue weighted by atomic mass is 10.1. The summed E-state index contributed by atoms with van der Waals surface area (Å²) in [6.07, 6.45) is 2.15. The average molecular weight is 376 g/mol. The van der Waals surface area contributed by atoms with Crippen LogP contribution in [-0.2, 0) is 17.8 Å². The molecule has 2 aromatic carbocycles. The van der Waals surface area contributed by atoms with Crippen LogP contribution in [0.3, 0.4) is 0 Å². The monoisotopic (exact) mass is 375 g/mol. The molecule has 5 heteroatoms. The molecule has 2 aromatic rings. The van der Waals surface area contributed by atoms with Gasteiger partial charge in [-0.15, -0.1) is 0 Å². The van der Waals surface area contributed by atoms with Gasteiger partial charge in [0.15, 0.2) is 11.5 Å². The van der Waals surface area contributed by atoms with E-state index >= 15 is 0 Å². The summed E-state index contributed by atoms with van der Waals surface area (Å²) in [5.74, 6) is 1.50. The van der Waals surface area contributed by atoms with Crippen LogP contribution in [0, 0.1) is 0 Å². The molecule has 3 rings (SSSR count). The van der Waals surface area contributed by atoms with E-state index in [0.29, 0.717) is 11.6 Å². The lowest BCUT2D eigenvalue weighted by Crippen LogP contribution is -2.36. The molecule has 1 saturated heterocycles. The third-order valence-corrected chi connectivity index (χ3v) is 4.98. The predicted octanol–water partition coefficient (Wildman–Crippen LogP) is 4.19. The van der Waals surface area contributed by atoms with Crippen molar-refractivity contribution in [3.63, 3.8) is 0 Å². The van der Waals surface area contributed by atoms with Crippen molar-refractivity contribution in [3.8, 4) is 11.5 Å². The van der Waals surface area contributed by atoms with Crippen molar-refractivity contribution < 1.29 is 14.2 Å². The van der Waals surface area contributed by atoms with Gasteiger partial charge in [0, 0.05) is 23.7 Å². The van der Waals surface area contributed by atoms with E-state index in [1.54, 1.807) is 7.11 Å². The van der Waals surface area contributed by atoms with E-state index in [9.17, 15) is 0 Å². The standard InChI is InChI=1S/C21H26ClNO3/c1-24-21-15-17(5-4-10-23-11-13-25-14-12-23)8-9-20(21)26-16-18-6-2-3-7-19(18)22/h2-3,6-9,15H,4-5,10-14,16H2,1H3. The van der Waals surface area contributed by atoms with Crippen LogP contribution >= 0.6 is 11.6 Å². The van der Waals surface area contributed by atoms with Crippen molar-refractivity contribution >= 4 is 11.6 Å². The highest BCUT2D eigenvalue weighted by molar-refractivity contribution is 6.31. The van der Waals surface area contributed by atoms with Gasteiger partial charge < -0.3 is 14.2 Å². The number of rotatable bonds is 8. The number of hydrogen-bond donors (Lipinski definition) is 0. The Balaban J connectivity index is 1.54. The summed E-state index contributed by atoms with van der Waals surface area (Å²) in [5, 5.41) is 0.714. The van der Waals surface area contributed by atoms with Gasteiger partial charge in [-0.2, -0.15) is 0 Å². The van der Waals surface area contributed by atoms with Crippen LogP contribution in [0.25, 0.3) is 0 Å². The number of nitrogens with zero attached hydrogens (tertiary/aromatic N) is 1. The second-order valence-corrected chi connectivity index (χ2v) is 6.83. The zero-order valence-electron chi connectivity index (χ0n) is 15.2. The Labute approximate surface area is 160 Å². The van der Waals surface area contributed by atoms with Crippen LogP contribution in [0.1, 0.15) is 17.5 Å². The molecule has 0 radical (unpaired) electrons. The Morgan fingerprint density at radius 3 is 2.65 bits per heavy atom. The highest BCUT2D eigenvalue weighted by Crippen LogP contribution is 2.30. The van der Waals surface area contributed by atoms with Gasteiger partial charge >= 0.3 is 0 Å².